The summed E-state index contributed by atoms with van der Waals surface area (Å²) in [6, 6.07) is 92.7. The number of benzene rings is 11. The molecule has 11 aromatic carbocycles. The molecule has 0 amide bonds. The number of hydrogen-bond acceptors (Lipinski definition) is 5. The zero-order valence-electron chi connectivity index (χ0n) is 50.4. The Kier molecular flexibility index (Phi) is 10.2. The molecule has 1 unspecified atom stereocenters. The Hall–Kier alpha value is -13.4. The topological polar surface area (TPSA) is 101 Å². The molecule has 11 heteroatoms. The van der Waals surface area contributed by atoms with Gasteiger partial charge in [0.2, 0.25) is 0 Å². The van der Waals surface area contributed by atoms with Crippen LogP contribution in [0, 0.1) is 17.9 Å². The second-order valence-electron chi connectivity index (χ2n) is 24.9. The number of para-hydroxylation sites is 6. The van der Waals surface area contributed by atoms with Gasteiger partial charge in [-0.3, -0.25) is 15.0 Å². The van der Waals surface area contributed by atoms with Crippen LogP contribution in [0.5, 0.6) is 11.5 Å². The molecule has 21 rings (SSSR count). The lowest BCUT2D eigenvalue weighted by atomic mass is 9.66. The molecular formula is C84H46N10O. The number of fused-ring (bicyclic) bond motifs is 24. The predicted molar refractivity (Wildman–Crippen MR) is 380 cm³/mol. The molecule has 0 bridgehead atoms. The third-order valence-corrected chi connectivity index (χ3v) is 20.3. The predicted octanol–water partition coefficient (Wildman–Crippen LogP) is 20.2. The summed E-state index contributed by atoms with van der Waals surface area (Å²) in [5.41, 5.74) is 20.5. The molecule has 8 aromatic heterocycles. The molecule has 1 aliphatic carbocycles. The molecule has 438 valence electrons. The zero-order chi connectivity index (χ0) is 62.4. The van der Waals surface area contributed by atoms with Crippen LogP contribution in [0.4, 0.5) is 5.69 Å². The van der Waals surface area contributed by atoms with Crippen molar-refractivity contribution in [1.82, 2.24) is 37.8 Å². The van der Waals surface area contributed by atoms with Crippen molar-refractivity contribution < 1.29 is 4.74 Å². The first-order chi connectivity index (χ1) is 47.0. The highest BCUT2D eigenvalue weighted by atomic mass is 16.5. The van der Waals surface area contributed by atoms with Crippen molar-refractivity contribution in [3.05, 3.63) is 319 Å². The molecule has 19 aromatic rings. The molecule has 9 heterocycles. The van der Waals surface area contributed by atoms with Crippen molar-refractivity contribution in [3.8, 4) is 57.4 Å². The number of aromatic nitrogens is 8. The smallest absolute Gasteiger partial charge is 0.188 e. The Morgan fingerprint density at radius 3 is 1.20 bits per heavy atom. The van der Waals surface area contributed by atoms with E-state index in [1.807, 2.05) is 49.1 Å². The lowest BCUT2D eigenvalue weighted by molar-refractivity contribution is 0.436. The quantitative estimate of drug-likeness (QED) is 0.160. The van der Waals surface area contributed by atoms with Crippen LogP contribution in [0.3, 0.4) is 0 Å². The lowest BCUT2D eigenvalue weighted by Gasteiger charge is -2.39. The Morgan fingerprint density at radius 2 is 0.716 bits per heavy atom. The minimum absolute atomic E-state index is 0.583. The normalized spacial score (nSPS) is 14.0. The maximum atomic E-state index is 9.99. The molecule has 0 radical (unpaired) electrons. The minimum Gasteiger partial charge on any atom is -0.457 e. The Bertz CT molecular complexity index is 6650. The molecule has 1 spiro atoms. The van der Waals surface area contributed by atoms with Gasteiger partial charge in [0.05, 0.1) is 120 Å². The highest BCUT2D eigenvalue weighted by molar-refractivity contribution is 6.15. The van der Waals surface area contributed by atoms with E-state index in [1.54, 1.807) is 0 Å². The van der Waals surface area contributed by atoms with Crippen molar-refractivity contribution in [2.45, 2.75) is 5.41 Å². The van der Waals surface area contributed by atoms with E-state index in [0.29, 0.717) is 22.7 Å². The highest BCUT2D eigenvalue weighted by Crippen LogP contribution is 2.63. The van der Waals surface area contributed by atoms with Gasteiger partial charge in [-0.15, -0.1) is 0 Å². The van der Waals surface area contributed by atoms with Crippen LogP contribution in [0.15, 0.2) is 280 Å². The Balaban J connectivity index is 0.850. The van der Waals surface area contributed by atoms with Crippen LogP contribution in [-0.2, 0) is 5.41 Å². The summed E-state index contributed by atoms with van der Waals surface area (Å²) in [6.07, 6.45) is 7.84. The molecule has 2 aliphatic rings. The van der Waals surface area contributed by atoms with Crippen LogP contribution in [0.1, 0.15) is 27.8 Å². The van der Waals surface area contributed by atoms with E-state index in [2.05, 4.69) is 264 Å². The van der Waals surface area contributed by atoms with E-state index in [-0.39, 0.29) is 0 Å². The average Bonchev–Trinajstić information content (AvgIpc) is 1.56. The summed E-state index contributed by atoms with van der Waals surface area (Å²) in [6.45, 7) is 8.03. The van der Waals surface area contributed by atoms with Gasteiger partial charge in [-0.1, -0.05) is 127 Å². The fourth-order valence-electron chi connectivity index (χ4n) is 16.5. The van der Waals surface area contributed by atoms with E-state index in [9.17, 15) is 5.26 Å². The summed E-state index contributed by atoms with van der Waals surface area (Å²) in [4.78, 5) is 19.9. The van der Waals surface area contributed by atoms with E-state index in [1.165, 1.54) is 10.8 Å². The molecule has 0 saturated carbocycles. The molecular weight excluding hydrogens is 1160 g/mol. The molecule has 11 nitrogen and oxygen atoms in total. The molecule has 1 aliphatic heterocycles. The zero-order valence-corrected chi connectivity index (χ0v) is 50.4. The first-order valence-corrected chi connectivity index (χ1v) is 31.7. The molecule has 95 heavy (non-hydrogen) atoms. The number of hydrogen-bond donors (Lipinski definition) is 0. The van der Waals surface area contributed by atoms with E-state index >= 15 is 0 Å². The van der Waals surface area contributed by atoms with E-state index in [0.717, 1.165) is 160 Å². The summed E-state index contributed by atoms with van der Waals surface area (Å²) >= 11 is 0. The number of rotatable bonds is 5. The minimum atomic E-state index is -1.08. The third kappa shape index (κ3) is 6.81. The van der Waals surface area contributed by atoms with Gasteiger partial charge in [-0.2, -0.15) is 5.26 Å². The maximum absolute atomic E-state index is 9.99. The summed E-state index contributed by atoms with van der Waals surface area (Å²) in [5.74, 6) is 1.38. The van der Waals surface area contributed by atoms with Crippen LogP contribution in [0.25, 0.3) is 154 Å². The lowest BCUT2D eigenvalue weighted by Crippen LogP contribution is -2.32. The third-order valence-electron chi connectivity index (χ3n) is 20.3. The Labute approximate surface area is 541 Å². The summed E-state index contributed by atoms with van der Waals surface area (Å²) in [5, 5.41) is 20.9. The van der Waals surface area contributed by atoms with Crippen molar-refractivity contribution in [1.29, 1.82) is 5.26 Å². The molecule has 1 atom stereocenters. The SMILES string of the molecule is [C-]#[N+]c1ccc2c(c1)c1ccccc1n2-c1cnc2c(c1)C1(c3ccc(-n4c5ccccc5c5ccccc54)cc3Oc3cc(-n4c5ccc(-n6c7ccccc7c7cc(C#N)ccc76)cc5c5ccncc54)ccc31)c1cc(-n3c4ccccc4c4ccccc43)cnc1-2. The molecule has 0 fully saturated rings. The summed E-state index contributed by atoms with van der Waals surface area (Å²) in [7, 11) is 0. The standard InChI is InChI=1S/C84H46N10O/c1-86-50-27-34-77-64(39-50)61-19-7-13-25-75(61)94(77)55-42-69-83(89-47-55)82-68(41-54(46-88-82)93-72-22-10-4-16-58(72)59-17-5-11-23-73(59)93)84(69)66-31-28-52(91-70-20-8-2-14-56(70)57-15-3-9-21-71(57)91)43-80(66)95-81-44-53(29-32-67(81)84)92-78-35-30-51(40-65(78)62-36-37-87-48-79(62)92)90-74-24-12-6-18-60(74)63-38-49(45-85)26-33-76(63)90/h2-44,46-48H. The van der Waals surface area contributed by atoms with E-state index < -0.39 is 5.41 Å². The van der Waals surface area contributed by atoms with Crippen molar-refractivity contribution in [3.63, 3.8) is 0 Å². The number of pyridine rings is 3. The monoisotopic (exact) mass is 1210 g/mol. The van der Waals surface area contributed by atoms with Crippen molar-refractivity contribution in [2.75, 3.05) is 0 Å². The van der Waals surface area contributed by atoms with Gasteiger partial charge in [0.1, 0.15) is 11.5 Å². The van der Waals surface area contributed by atoms with Crippen LogP contribution in [0.2, 0.25) is 0 Å². The fourth-order valence-corrected chi connectivity index (χ4v) is 16.5. The average molecular weight is 1210 g/mol. The van der Waals surface area contributed by atoms with Gasteiger partial charge >= 0.3 is 0 Å². The van der Waals surface area contributed by atoms with Crippen LogP contribution in [-0.4, -0.2) is 37.8 Å². The molecule has 0 N–H and O–H groups in total. The van der Waals surface area contributed by atoms with Gasteiger partial charge < -0.3 is 27.6 Å². The van der Waals surface area contributed by atoms with Gasteiger partial charge in [-0.05, 0) is 121 Å². The summed E-state index contributed by atoms with van der Waals surface area (Å²) < 4.78 is 19.3. The number of nitrogens with zero attached hydrogens (tertiary/aromatic N) is 10. The van der Waals surface area contributed by atoms with Crippen molar-refractivity contribution in [2.24, 2.45) is 0 Å². The number of nitriles is 1. The van der Waals surface area contributed by atoms with Gasteiger partial charge in [0.15, 0.2) is 5.69 Å². The van der Waals surface area contributed by atoms with Gasteiger partial charge in [0.25, 0.3) is 0 Å². The largest absolute Gasteiger partial charge is 0.457 e. The first-order valence-electron chi connectivity index (χ1n) is 31.7. The fraction of sp³-hybridized carbons (Fsp3) is 0.0119. The highest BCUT2D eigenvalue weighted by Gasteiger charge is 2.53. The number of ether oxygens (including phenoxy) is 1. The first kappa shape index (κ1) is 51.4. The second-order valence-corrected chi connectivity index (χ2v) is 24.9. The molecule has 0 saturated heterocycles. The van der Waals surface area contributed by atoms with Crippen LogP contribution >= 0.6 is 0 Å². The maximum Gasteiger partial charge on any atom is 0.188 e. The second kappa shape index (κ2) is 18.9. The van der Waals surface area contributed by atoms with Gasteiger partial charge in [-0.25, -0.2) is 4.85 Å². The van der Waals surface area contributed by atoms with Gasteiger partial charge in [0, 0.05) is 106 Å². The van der Waals surface area contributed by atoms with Crippen LogP contribution < -0.4 is 4.74 Å². The van der Waals surface area contributed by atoms with E-state index in [4.69, 9.17) is 26.3 Å². The van der Waals surface area contributed by atoms with Crippen molar-refractivity contribution >= 4 is 115 Å². The Morgan fingerprint density at radius 1 is 0.337 bits per heavy atom.